The predicted molar refractivity (Wildman–Crippen MR) is 202 cm³/mol. The minimum Gasteiger partial charge on any atom is -0.445 e. The van der Waals surface area contributed by atoms with E-state index in [2.05, 4.69) is 43.8 Å². The third-order valence-electron chi connectivity index (χ3n) is 8.53. The standard InChI is InChI=1S/C36H64N8O9/c1-11-19-52-35(50)43-28(22(4)5)32(47)41-26(13-12-18-39-34(49)38-9)30(45)40-25-16-14-24(15-17-25)20-53-36(51)44(10)29(23(6)7)33(48)42-27(21(2)3)31(46)37-8/h11,14-17,21-23,26-29,31,33,36-37,42,46,48,51H,1,12-13,18-20H2,2-10H3,(H,40,45)(H,41,47)(H,43,50)(H2,38,39,49)/t26-,27-,28?,29-,31?,33?,36?/m0/s1. The van der Waals surface area contributed by atoms with Crippen LogP contribution in [-0.4, -0.2) is 121 Å². The van der Waals surface area contributed by atoms with Gasteiger partial charge in [0, 0.05) is 19.3 Å². The molecule has 302 valence electrons. The number of urea groups is 1. The molecule has 0 spiro atoms. The summed E-state index contributed by atoms with van der Waals surface area (Å²) in [6, 6.07) is 3.32. The zero-order chi connectivity index (χ0) is 40.2. The van der Waals surface area contributed by atoms with E-state index in [0.717, 1.165) is 0 Å². The SMILES string of the molecule is C=CCOC(=O)NC(C(=O)N[C@@H](CCCNC(=O)NC)C(=O)Nc1ccc(COC(O)N(C)[C@@H](C(C)C)C(O)N[C@@H](C(C)C)C(O)NC)cc1)C(C)C. The monoisotopic (exact) mass is 752 g/mol. The van der Waals surface area contributed by atoms with E-state index in [1.165, 1.54) is 18.0 Å². The maximum atomic E-state index is 13.4. The number of carbonyl (C=O) groups is 4. The normalized spacial score (nSPS) is 15.5. The summed E-state index contributed by atoms with van der Waals surface area (Å²) >= 11 is 0. The smallest absolute Gasteiger partial charge is 0.408 e. The van der Waals surface area contributed by atoms with Crippen molar-refractivity contribution in [1.29, 1.82) is 0 Å². The van der Waals surface area contributed by atoms with Crippen molar-refractivity contribution in [3.8, 4) is 0 Å². The summed E-state index contributed by atoms with van der Waals surface area (Å²) in [5.41, 5.74) is 1.12. The number of nitrogens with zero attached hydrogens (tertiary/aromatic N) is 1. The van der Waals surface area contributed by atoms with Crippen molar-refractivity contribution in [2.24, 2.45) is 17.8 Å². The summed E-state index contributed by atoms with van der Waals surface area (Å²) in [6.45, 7) is 14.9. The molecule has 0 saturated carbocycles. The fourth-order valence-electron chi connectivity index (χ4n) is 5.50. The molecule has 0 aliphatic heterocycles. The lowest BCUT2D eigenvalue weighted by molar-refractivity contribution is -0.219. The Hall–Kier alpha value is -3.84. The highest BCUT2D eigenvalue weighted by Crippen LogP contribution is 2.19. The van der Waals surface area contributed by atoms with Gasteiger partial charge >= 0.3 is 12.1 Å². The Bertz CT molecular complexity index is 1270. The van der Waals surface area contributed by atoms with E-state index in [0.29, 0.717) is 17.7 Å². The highest BCUT2D eigenvalue weighted by molar-refractivity contribution is 5.98. The number of nitrogens with one attached hydrogen (secondary N) is 7. The molecule has 0 saturated heterocycles. The van der Waals surface area contributed by atoms with Gasteiger partial charge in [-0.3, -0.25) is 25.1 Å². The third kappa shape index (κ3) is 16.8. The summed E-state index contributed by atoms with van der Waals surface area (Å²) in [5.74, 6) is -1.52. The van der Waals surface area contributed by atoms with Crippen molar-refractivity contribution < 1.29 is 44.0 Å². The minimum atomic E-state index is -1.37. The highest BCUT2D eigenvalue weighted by atomic mass is 16.6. The molecule has 4 unspecified atom stereocenters. The number of rotatable bonds is 24. The summed E-state index contributed by atoms with van der Waals surface area (Å²) in [4.78, 5) is 52.0. The largest absolute Gasteiger partial charge is 0.445 e. The van der Waals surface area contributed by atoms with Gasteiger partial charge in [0.2, 0.25) is 18.2 Å². The number of likely N-dealkylation sites (N-methyl/N-ethyl adjacent to an activating group) is 2. The van der Waals surface area contributed by atoms with Crippen LogP contribution in [0.5, 0.6) is 0 Å². The molecule has 0 radical (unpaired) electrons. The number of amides is 5. The Balaban J connectivity index is 2.98. The first-order chi connectivity index (χ1) is 25.0. The first kappa shape index (κ1) is 47.2. The molecule has 1 aromatic carbocycles. The van der Waals surface area contributed by atoms with Gasteiger partial charge in [0.05, 0.1) is 18.7 Å². The van der Waals surface area contributed by atoms with Gasteiger partial charge in [0.25, 0.3) is 0 Å². The minimum absolute atomic E-state index is 0.000750. The van der Waals surface area contributed by atoms with Crippen molar-refractivity contribution in [1.82, 2.24) is 36.8 Å². The number of benzene rings is 1. The van der Waals surface area contributed by atoms with Crippen LogP contribution in [-0.2, 0) is 25.7 Å². The number of hydrogen-bond acceptors (Lipinski definition) is 12. The van der Waals surface area contributed by atoms with E-state index in [9.17, 15) is 34.5 Å². The van der Waals surface area contributed by atoms with Crippen LogP contribution in [0.2, 0.25) is 0 Å². The Morgan fingerprint density at radius 2 is 1.53 bits per heavy atom. The Morgan fingerprint density at radius 3 is 2.06 bits per heavy atom. The van der Waals surface area contributed by atoms with Crippen LogP contribution in [0.3, 0.4) is 0 Å². The number of aliphatic hydroxyl groups excluding tert-OH is 3. The maximum absolute atomic E-state index is 13.4. The van der Waals surface area contributed by atoms with Crippen LogP contribution < -0.4 is 37.2 Å². The number of anilines is 1. The molecule has 5 amide bonds. The molecule has 0 heterocycles. The molecular weight excluding hydrogens is 688 g/mol. The second-order valence-corrected chi connectivity index (χ2v) is 13.8. The molecule has 10 N–H and O–H groups in total. The van der Waals surface area contributed by atoms with Crippen LogP contribution in [0.4, 0.5) is 15.3 Å². The van der Waals surface area contributed by atoms with Crippen LogP contribution in [0.25, 0.3) is 0 Å². The lowest BCUT2D eigenvalue weighted by Crippen LogP contribution is -2.61. The Labute approximate surface area is 314 Å². The fraction of sp³-hybridized carbons (Fsp3) is 0.667. The average molecular weight is 753 g/mol. The molecule has 0 bridgehead atoms. The Morgan fingerprint density at radius 1 is 0.887 bits per heavy atom. The molecule has 0 fully saturated rings. The molecule has 7 atom stereocenters. The summed E-state index contributed by atoms with van der Waals surface area (Å²) in [6.07, 6.45) is -2.22. The second kappa shape index (κ2) is 24.5. The quantitative estimate of drug-likeness (QED) is 0.0405. The van der Waals surface area contributed by atoms with Crippen molar-refractivity contribution >= 4 is 29.6 Å². The van der Waals surface area contributed by atoms with Gasteiger partial charge in [0.1, 0.15) is 31.1 Å². The highest BCUT2D eigenvalue weighted by Gasteiger charge is 2.34. The molecule has 0 aliphatic carbocycles. The Kier molecular flexibility index (Phi) is 21.8. The molecule has 17 nitrogen and oxygen atoms in total. The summed E-state index contributed by atoms with van der Waals surface area (Å²) in [5, 5.41) is 51.3. The third-order valence-corrected chi connectivity index (χ3v) is 8.53. The van der Waals surface area contributed by atoms with E-state index >= 15 is 0 Å². The van der Waals surface area contributed by atoms with Crippen LogP contribution in [0.1, 0.15) is 59.9 Å². The zero-order valence-electron chi connectivity index (χ0n) is 32.6. The summed E-state index contributed by atoms with van der Waals surface area (Å²) < 4.78 is 10.7. The molecule has 1 aromatic rings. The van der Waals surface area contributed by atoms with Gasteiger partial charge in [-0.05, 0) is 62.4 Å². The van der Waals surface area contributed by atoms with Gasteiger partial charge in [-0.25, -0.2) is 9.59 Å². The molecule has 0 aliphatic rings. The van der Waals surface area contributed by atoms with E-state index < -0.39 is 60.9 Å². The number of hydrogen-bond donors (Lipinski definition) is 10. The van der Waals surface area contributed by atoms with Gasteiger partial charge in [0.15, 0.2) is 0 Å². The van der Waals surface area contributed by atoms with E-state index in [4.69, 9.17) is 9.47 Å². The molecule has 53 heavy (non-hydrogen) atoms. The van der Waals surface area contributed by atoms with Crippen LogP contribution in [0, 0.1) is 17.8 Å². The molecular formula is C36H64N8O9. The number of alkyl carbamates (subject to hydrolysis) is 1. The molecule has 1 rings (SSSR count). The van der Waals surface area contributed by atoms with E-state index in [1.807, 2.05) is 27.7 Å². The predicted octanol–water partition coefficient (Wildman–Crippen LogP) is 0.975. The first-order valence-electron chi connectivity index (χ1n) is 18.0. The first-order valence-corrected chi connectivity index (χ1v) is 18.0. The molecule has 0 aromatic heterocycles. The number of ether oxygens (including phenoxy) is 2. The zero-order valence-corrected chi connectivity index (χ0v) is 32.6. The van der Waals surface area contributed by atoms with Crippen LogP contribution in [0.15, 0.2) is 36.9 Å². The van der Waals surface area contributed by atoms with Gasteiger partial charge in [-0.15, -0.1) is 0 Å². The number of carbonyl (C=O) groups excluding carboxylic acids is 4. The van der Waals surface area contributed by atoms with Crippen molar-refractivity contribution in [3.63, 3.8) is 0 Å². The lowest BCUT2D eigenvalue weighted by Gasteiger charge is -2.40. The number of aliphatic hydroxyl groups is 3. The fourth-order valence-corrected chi connectivity index (χ4v) is 5.50. The van der Waals surface area contributed by atoms with Gasteiger partial charge in [-0.1, -0.05) is 66.3 Å². The topological polar surface area (TPSA) is 235 Å². The van der Waals surface area contributed by atoms with Gasteiger partial charge < -0.3 is 51.4 Å². The van der Waals surface area contributed by atoms with E-state index in [-0.39, 0.29) is 50.0 Å². The van der Waals surface area contributed by atoms with Crippen LogP contribution >= 0.6 is 0 Å². The van der Waals surface area contributed by atoms with Crippen molar-refractivity contribution in [2.45, 2.75) is 104 Å². The molecule has 17 heteroatoms. The second-order valence-electron chi connectivity index (χ2n) is 13.8. The average Bonchev–Trinajstić information content (AvgIpc) is 3.11. The lowest BCUT2D eigenvalue weighted by atomic mass is 9.98. The van der Waals surface area contributed by atoms with Crippen molar-refractivity contribution in [2.75, 3.05) is 39.6 Å². The summed E-state index contributed by atoms with van der Waals surface area (Å²) in [7, 11) is 4.75. The van der Waals surface area contributed by atoms with Gasteiger partial charge in [-0.2, -0.15) is 0 Å². The van der Waals surface area contributed by atoms with E-state index in [1.54, 1.807) is 52.2 Å². The van der Waals surface area contributed by atoms with Crippen molar-refractivity contribution in [3.05, 3.63) is 42.5 Å². The maximum Gasteiger partial charge on any atom is 0.408 e.